The third-order valence-corrected chi connectivity index (χ3v) is 1.88. The van der Waals surface area contributed by atoms with Gasteiger partial charge in [0.25, 0.3) is 0 Å². The largest absolute Gasteiger partial charge is 0.303 e. The average Bonchev–Trinajstić information content (AvgIpc) is 2.03. The summed E-state index contributed by atoms with van der Waals surface area (Å²) in [6, 6.07) is 0. The van der Waals surface area contributed by atoms with Gasteiger partial charge in [-0.05, 0) is 18.8 Å². The summed E-state index contributed by atoms with van der Waals surface area (Å²) in [7, 11) is 0. The standard InChI is InChI=1S/C10H18O/c1-3-5-6-7-10(4-2)8-9-11/h5-6,9-10H,3-4,7-8H2,1-2H3/b6-5+. The average molecular weight is 154 g/mol. The monoisotopic (exact) mass is 154 g/mol. The Balaban J connectivity index is 3.50. The molecule has 0 aromatic rings. The molecule has 0 aromatic carbocycles. The molecule has 11 heavy (non-hydrogen) atoms. The molecule has 1 unspecified atom stereocenters. The van der Waals surface area contributed by atoms with Crippen molar-refractivity contribution < 1.29 is 4.79 Å². The number of hydrogen-bond acceptors (Lipinski definition) is 1. The fraction of sp³-hybridized carbons (Fsp3) is 0.700. The minimum atomic E-state index is 0.565. The van der Waals surface area contributed by atoms with Gasteiger partial charge in [0.1, 0.15) is 6.29 Å². The Morgan fingerprint density at radius 2 is 1.91 bits per heavy atom. The van der Waals surface area contributed by atoms with Gasteiger partial charge in [-0.15, -0.1) is 0 Å². The van der Waals surface area contributed by atoms with Crippen LogP contribution in [0.5, 0.6) is 0 Å². The summed E-state index contributed by atoms with van der Waals surface area (Å²) < 4.78 is 0. The Hall–Kier alpha value is -0.590. The number of allylic oxidation sites excluding steroid dienone is 2. The van der Waals surface area contributed by atoms with Crippen LogP contribution >= 0.6 is 0 Å². The van der Waals surface area contributed by atoms with Gasteiger partial charge in [-0.1, -0.05) is 32.4 Å². The quantitative estimate of drug-likeness (QED) is 0.424. The Morgan fingerprint density at radius 3 is 2.36 bits per heavy atom. The van der Waals surface area contributed by atoms with Gasteiger partial charge in [0.15, 0.2) is 0 Å². The van der Waals surface area contributed by atoms with Crippen LogP contribution in [-0.2, 0) is 4.79 Å². The number of rotatable bonds is 6. The maximum atomic E-state index is 10.2. The summed E-state index contributed by atoms with van der Waals surface area (Å²) in [6.07, 6.45) is 9.33. The molecular weight excluding hydrogens is 136 g/mol. The molecular formula is C10H18O. The molecule has 64 valence electrons. The zero-order valence-electron chi connectivity index (χ0n) is 7.55. The molecule has 1 nitrogen and oxygen atoms in total. The van der Waals surface area contributed by atoms with E-state index in [0.29, 0.717) is 12.3 Å². The minimum absolute atomic E-state index is 0.565. The van der Waals surface area contributed by atoms with Gasteiger partial charge >= 0.3 is 0 Å². The van der Waals surface area contributed by atoms with Crippen LogP contribution in [0.3, 0.4) is 0 Å². The second-order valence-electron chi connectivity index (χ2n) is 2.79. The second-order valence-corrected chi connectivity index (χ2v) is 2.79. The summed E-state index contributed by atoms with van der Waals surface area (Å²) in [5, 5.41) is 0. The summed E-state index contributed by atoms with van der Waals surface area (Å²) in [5.41, 5.74) is 0. The van der Waals surface area contributed by atoms with Gasteiger partial charge < -0.3 is 4.79 Å². The van der Waals surface area contributed by atoms with Crippen LogP contribution in [0.2, 0.25) is 0 Å². The number of hydrogen-bond donors (Lipinski definition) is 0. The lowest BCUT2D eigenvalue weighted by Crippen LogP contribution is -1.97. The van der Waals surface area contributed by atoms with Crippen molar-refractivity contribution in [2.24, 2.45) is 5.92 Å². The smallest absolute Gasteiger partial charge is 0.120 e. The van der Waals surface area contributed by atoms with E-state index >= 15 is 0 Å². The summed E-state index contributed by atoms with van der Waals surface area (Å²) >= 11 is 0. The van der Waals surface area contributed by atoms with E-state index in [0.717, 1.165) is 25.5 Å². The lowest BCUT2D eigenvalue weighted by molar-refractivity contribution is -0.108. The Morgan fingerprint density at radius 1 is 1.18 bits per heavy atom. The molecule has 0 bridgehead atoms. The summed E-state index contributed by atoms with van der Waals surface area (Å²) in [5.74, 6) is 0.565. The maximum absolute atomic E-state index is 10.2. The molecule has 0 rings (SSSR count). The van der Waals surface area contributed by atoms with Gasteiger partial charge in [-0.2, -0.15) is 0 Å². The molecule has 0 aliphatic carbocycles. The van der Waals surface area contributed by atoms with Crippen molar-refractivity contribution in [1.29, 1.82) is 0 Å². The first kappa shape index (κ1) is 10.4. The lowest BCUT2D eigenvalue weighted by atomic mass is 9.99. The maximum Gasteiger partial charge on any atom is 0.120 e. The van der Waals surface area contributed by atoms with Crippen molar-refractivity contribution in [3.63, 3.8) is 0 Å². The molecule has 0 spiro atoms. The summed E-state index contributed by atoms with van der Waals surface area (Å²) in [4.78, 5) is 10.2. The first-order valence-electron chi connectivity index (χ1n) is 4.43. The van der Waals surface area contributed by atoms with Crippen LogP contribution < -0.4 is 0 Å². The predicted molar refractivity (Wildman–Crippen MR) is 48.5 cm³/mol. The molecule has 0 heterocycles. The van der Waals surface area contributed by atoms with E-state index in [-0.39, 0.29) is 0 Å². The van der Waals surface area contributed by atoms with Gasteiger partial charge in [-0.3, -0.25) is 0 Å². The number of carbonyl (C=O) groups is 1. The molecule has 0 amide bonds. The van der Waals surface area contributed by atoms with Crippen molar-refractivity contribution >= 4 is 6.29 Å². The SMILES string of the molecule is CC/C=C/CC(CC)CC=O. The third-order valence-electron chi connectivity index (χ3n) is 1.88. The highest BCUT2D eigenvalue weighted by molar-refractivity contribution is 5.49. The molecule has 0 N–H and O–H groups in total. The van der Waals surface area contributed by atoms with E-state index < -0.39 is 0 Å². The van der Waals surface area contributed by atoms with Crippen LogP contribution in [0.15, 0.2) is 12.2 Å². The fourth-order valence-electron chi connectivity index (χ4n) is 1.02. The Labute approximate surface area is 69.5 Å². The van der Waals surface area contributed by atoms with E-state index in [1.54, 1.807) is 0 Å². The molecule has 0 aliphatic heterocycles. The fourth-order valence-corrected chi connectivity index (χ4v) is 1.02. The van der Waals surface area contributed by atoms with Gasteiger partial charge in [-0.25, -0.2) is 0 Å². The van der Waals surface area contributed by atoms with E-state index in [4.69, 9.17) is 0 Å². The lowest BCUT2D eigenvalue weighted by Gasteiger charge is -2.06. The van der Waals surface area contributed by atoms with Crippen molar-refractivity contribution in [3.8, 4) is 0 Å². The predicted octanol–water partition coefficient (Wildman–Crippen LogP) is 2.96. The normalized spacial score (nSPS) is 13.6. The minimum Gasteiger partial charge on any atom is -0.303 e. The van der Waals surface area contributed by atoms with Crippen molar-refractivity contribution in [2.45, 2.75) is 39.5 Å². The van der Waals surface area contributed by atoms with Crippen molar-refractivity contribution in [3.05, 3.63) is 12.2 Å². The van der Waals surface area contributed by atoms with E-state index in [9.17, 15) is 4.79 Å². The van der Waals surface area contributed by atoms with E-state index in [2.05, 4.69) is 26.0 Å². The highest BCUT2D eigenvalue weighted by atomic mass is 16.1. The highest BCUT2D eigenvalue weighted by Crippen LogP contribution is 2.11. The van der Waals surface area contributed by atoms with Crippen molar-refractivity contribution in [2.75, 3.05) is 0 Å². The first-order valence-corrected chi connectivity index (χ1v) is 4.43. The molecule has 0 aliphatic rings. The van der Waals surface area contributed by atoms with Gasteiger partial charge in [0, 0.05) is 6.42 Å². The Kier molecular flexibility index (Phi) is 7.11. The first-order chi connectivity index (χ1) is 5.35. The van der Waals surface area contributed by atoms with Crippen LogP contribution in [0, 0.1) is 5.92 Å². The van der Waals surface area contributed by atoms with Crippen LogP contribution in [0.1, 0.15) is 39.5 Å². The molecule has 0 fully saturated rings. The second kappa shape index (κ2) is 7.52. The molecule has 0 aromatic heterocycles. The van der Waals surface area contributed by atoms with E-state index in [1.807, 2.05) is 0 Å². The molecule has 0 saturated carbocycles. The van der Waals surface area contributed by atoms with Gasteiger partial charge in [0.05, 0.1) is 0 Å². The Bertz CT molecular complexity index is 116. The zero-order valence-corrected chi connectivity index (χ0v) is 7.55. The topological polar surface area (TPSA) is 17.1 Å². The number of carbonyl (C=O) groups excluding carboxylic acids is 1. The molecule has 0 radical (unpaired) electrons. The van der Waals surface area contributed by atoms with Crippen LogP contribution in [0.4, 0.5) is 0 Å². The number of aldehydes is 1. The van der Waals surface area contributed by atoms with Gasteiger partial charge in [0.2, 0.25) is 0 Å². The molecule has 0 saturated heterocycles. The van der Waals surface area contributed by atoms with Crippen LogP contribution in [0.25, 0.3) is 0 Å². The zero-order chi connectivity index (χ0) is 8.53. The summed E-state index contributed by atoms with van der Waals surface area (Å²) in [6.45, 7) is 4.26. The highest BCUT2D eigenvalue weighted by Gasteiger charge is 2.01. The third kappa shape index (κ3) is 5.84. The van der Waals surface area contributed by atoms with E-state index in [1.165, 1.54) is 0 Å². The van der Waals surface area contributed by atoms with Crippen molar-refractivity contribution in [1.82, 2.24) is 0 Å². The molecule has 1 atom stereocenters. The molecule has 1 heteroatoms. The van der Waals surface area contributed by atoms with Crippen LogP contribution in [-0.4, -0.2) is 6.29 Å².